The van der Waals surface area contributed by atoms with E-state index in [9.17, 15) is 14.7 Å². The van der Waals surface area contributed by atoms with Crippen molar-refractivity contribution in [1.29, 1.82) is 0 Å². The number of hydroxylamine groups is 1. The molecule has 0 unspecified atom stereocenters. The molecule has 0 aromatic heterocycles. The molecule has 0 aliphatic heterocycles. The third kappa shape index (κ3) is 2.48. The van der Waals surface area contributed by atoms with Gasteiger partial charge in [0.1, 0.15) is 0 Å². The van der Waals surface area contributed by atoms with E-state index in [2.05, 4.69) is 5.48 Å². The fourth-order valence-electron chi connectivity index (χ4n) is 2.66. The molecule has 20 heavy (non-hydrogen) atoms. The van der Waals surface area contributed by atoms with Gasteiger partial charge in [-0.15, -0.1) is 0 Å². The lowest BCUT2D eigenvalue weighted by Crippen LogP contribution is -2.29. The van der Waals surface area contributed by atoms with Gasteiger partial charge in [0.25, 0.3) is 5.91 Å². The lowest BCUT2D eigenvalue weighted by atomic mass is 9.87. The van der Waals surface area contributed by atoms with Crippen molar-refractivity contribution in [2.24, 2.45) is 5.92 Å². The summed E-state index contributed by atoms with van der Waals surface area (Å²) >= 11 is 0. The summed E-state index contributed by atoms with van der Waals surface area (Å²) < 4.78 is 0. The highest BCUT2D eigenvalue weighted by Crippen LogP contribution is 2.33. The average Bonchev–Trinajstić information content (AvgIpc) is 3.28. The summed E-state index contributed by atoms with van der Waals surface area (Å²) in [4.78, 5) is 28.2. The molecule has 2 N–H and O–H groups in total. The fraction of sp³-hybridized carbons (Fsp3) is 0.467. The number of amides is 1. The van der Waals surface area contributed by atoms with Crippen molar-refractivity contribution in [3.63, 3.8) is 0 Å². The van der Waals surface area contributed by atoms with Crippen LogP contribution in [0, 0.1) is 5.92 Å². The van der Waals surface area contributed by atoms with E-state index in [4.69, 9.17) is 4.84 Å². The zero-order chi connectivity index (χ0) is 14.1. The molecule has 5 heteroatoms. The quantitative estimate of drug-likeness (QED) is 0.825. The van der Waals surface area contributed by atoms with E-state index in [0.29, 0.717) is 11.3 Å². The second kappa shape index (κ2) is 5.15. The summed E-state index contributed by atoms with van der Waals surface area (Å²) in [6.45, 7) is 0. The van der Waals surface area contributed by atoms with Crippen LogP contribution >= 0.6 is 0 Å². The summed E-state index contributed by atoms with van der Waals surface area (Å²) in [5.74, 6) is -0.323. The Labute approximate surface area is 116 Å². The molecule has 0 heterocycles. The number of hydrogen-bond acceptors (Lipinski definition) is 3. The Balaban J connectivity index is 1.83. The van der Waals surface area contributed by atoms with Crippen molar-refractivity contribution >= 4 is 11.9 Å². The number of carboxylic acids is 1. The maximum atomic E-state index is 11.6. The lowest BCUT2D eigenvalue weighted by molar-refractivity contribution is -0.128. The van der Waals surface area contributed by atoms with Crippen LogP contribution < -0.4 is 10.3 Å². The molecule has 1 fully saturated rings. The van der Waals surface area contributed by atoms with Gasteiger partial charge in [0.2, 0.25) is 0 Å². The first-order chi connectivity index (χ1) is 9.66. The molecule has 106 valence electrons. The maximum Gasteiger partial charge on any atom is 0.335 e. The molecule has 2 aliphatic rings. The average molecular weight is 275 g/mol. The van der Waals surface area contributed by atoms with Crippen LogP contribution in [0.1, 0.15) is 47.2 Å². The first kappa shape index (κ1) is 13.0. The van der Waals surface area contributed by atoms with E-state index in [1.165, 1.54) is 0 Å². The number of nitrogens with one attached hydrogen (secondary N) is 1. The molecule has 1 amide bonds. The highest BCUT2D eigenvalue weighted by Gasteiger charge is 2.30. The Bertz CT molecular complexity index is 563. The minimum atomic E-state index is -0.906. The van der Waals surface area contributed by atoms with E-state index in [1.807, 2.05) is 0 Å². The second-order valence-electron chi connectivity index (χ2n) is 5.42. The van der Waals surface area contributed by atoms with Crippen LogP contribution in [0.2, 0.25) is 0 Å². The van der Waals surface area contributed by atoms with Gasteiger partial charge in [-0.05, 0) is 56.2 Å². The van der Waals surface area contributed by atoms with Crippen LogP contribution in [0.4, 0.5) is 0 Å². The van der Waals surface area contributed by atoms with Crippen molar-refractivity contribution in [2.45, 2.75) is 38.5 Å². The molecule has 0 spiro atoms. The zero-order valence-electron chi connectivity index (χ0n) is 11.1. The Morgan fingerprint density at radius 2 is 1.85 bits per heavy atom. The van der Waals surface area contributed by atoms with E-state index in [0.717, 1.165) is 49.7 Å². The van der Waals surface area contributed by atoms with Crippen LogP contribution in [0.5, 0.6) is 5.75 Å². The minimum Gasteiger partial charge on any atom is -0.478 e. The van der Waals surface area contributed by atoms with Crippen LogP contribution in [-0.4, -0.2) is 17.0 Å². The number of fused-ring (bicyclic) bond motifs is 1. The summed E-state index contributed by atoms with van der Waals surface area (Å²) in [6, 6.07) is 3.20. The highest BCUT2D eigenvalue weighted by atomic mass is 16.7. The van der Waals surface area contributed by atoms with Gasteiger partial charge < -0.3 is 9.94 Å². The number of carboxylic acid groups (broad SMARTS) is 1. The first-order valence-corrected chi connectivity index (χ1v) is 7.01. The van der Waals surface area contributed by atoms with Gasteiger partial charge in [0.15, 0.2) is 5.75 Å². The maximum absolute atomic E-state index is 11.6. The first-order valence-electron chi connectivity index (χ1n) is 7.01. The van der Waals surface area contributed by atoms with Gasteiger partial charge in [0, 0.05) is 11.5 Å². The normalized spacial score (nSPS) is 17.2. The van der Waals surface area contributed by atoms with Gasteiger partial charge in [-0.2, -0.15) is 5.48 Å². The largest absolute Gasteiger partial charge is 0.478 e. The summed E-state index contributed by atoms with van der Waals surface area (Å²) in [7, 11) is 0. The number of rotatable bonds is 4. The molecule has 3 rings (SSSR count). The van der Waals surface area contributed by atoms with Crippen molar-refractivity contribution in [2.75, 3.05) is 0 Å². The molecule has 0 saturated heterocycles. The zero-order valence-corrected chi connectivity index (χ0v) is 11.1. The second-order valence-corrected chi connectivity index (χ2v) is 5.42. The number of carbonyl (C=O) groups excluding carboxylic acids is 1. The molecule has 0 bridgehead atoms. The summed E-state index contributed by atoms with van der Waals surface area (Å²) in [6.07, 6.45) is 5.40. The molecule has 0 radical (unpaired) electrons. The monoisotopic (exact) mass is 275 g/mol. The Kier molecular flexibility index (Phi) is 3.34. The van der Waals surface area contributed by atoms with E-state index >= 15 is 0 Å². The molecule has 2 aliphatic carbocycles. The number of carbonyl (C=O) groups is 2. The Hall–Kier alpha value is -2.04. The molecule has 0 atom stereocenters. The molecule has 1 aromatic rings. The lowest BCUT2D eigenvalue weighted by Gasteiger charge is -2.21. The number of aromatic carboxylic acids is 1. The number of hydrogen-bond donors (Lipinski definition) is 2. The third-order valence-corrected chi connectivity index (χ3v) is 3.93. The third-order valence-electron chi connectivity index (χ3n) is 3.93. The van der Waals surface area contributed by atoms with E-state index < -0.39 is 5.97 Å². The Morgan fingerprint density at radius 3 is 2.50 bits per heavy atom. The Morgan fingerprint density at radius 1 is 1.15 bits per heavy atom. The fourth-order valence-corrected chi connectivity index (χ4v) is 2.66. The highest BCUT2D eigenvalue weighted by molar-refractivity contribution is 5.90. The van der Waals surface area contributed by atoms with Gasteiger partial charge in [-0.1, -0.05) is 0 Å². The van der Waals surface area contributed by atoms with Gasteiger partial charge in [-0.3, -0.25) is 4.79 Å². The molecular formula is C15H17NO4. The predicted octanol–water partition coefficient (Wildman–Crippen LogP) is 2.08. The SMILES string of the molecule is O=C(O)c1ccc(ONC(=O)C2CC2)c2c1CCCC2. The van der Waals surface area contributed by atoms with Crippen LogP contribution in [0.25, 0.3) is 0 Å². The standard InChI is InChI=1S/C15H17NO4/c17-14(9-5-6-9)16-20-13-8-7-12(15(18)19)10-3-1-2-4-11(10)13/h7-9H,1-6H2,(H,16,17)(H,18,19). The smallest absolute Gasteiger partial charge is 0.335 e. The van der Waals surface area contributed by atoms with Crippen LogP contribution in [0.15, 0.2) is 12.1 Å². The predicted molar refractivity (Wildman–Crippen MR) is 71.5 cm³/mol. The van der Waals surface area contributed by atoms with Gasteiger partial charge in [-0.25, -0.2) is 4.79 Å². The minimum absolute atomic E-state index is 0.0862. The molecule has 1 saturated carbocycles. The van der Waals surface area contributed by atoms with Crippen molar-refractivity contribution < 1.29 is 19.5 Å². The van der Waals surface area contributed by atoms with Gasteiger partial charge in [0.05, 0.1) is 5.56 Å². The van der Waals surface area contributed by atoms with Crippen LogP contribution in [-0.2, 0) is 17.6 Å². The van der Waals surface area contributed by atoms with E-state index in [1.54, 1.807) is 12.1 Å². The molecule has 1 aromatic carbocycles. The van der Waals surface area contributed by atoms with Gasteiger partial charge >= 0.3 is 5.97 Å². The number of benzene rings is 1. The van der Waals surface area contributed by atoms with Crippen molar-refractivity contribution in [3.05, 3.63) is 28.8 Å². The summed E-state index contributed by atoms with van der Waals surface area (Å²) in [5.41, 5.74) is 4.59. The topological polar surface area (TPSA) is 75.6 Å². The summed E-state index contributed by atoms with van der Waals surface area (Å²) in [5, 5.41) is 9.22. The van der Waals surface area contributed by atoms with Crippen molar-refractivity contribution in [3.8, 4) is 5.75 Å². The molecule has 5 nitrogen and oxygen atoms in total. The molecular weight excluding hydrogens is 258 g/mol. The van der Waals surface area contributed by atoms with Crippen molar-refractivity contribution in [1.82, 2.24) is 5.48 Å². The van der Waals surface area contributed by atoms with Crippen LogP contribution in [0.3, 0.4) is 0 Å². The van der Waals surface area contributed by atoms with E-state index in [-0.39, 0.29) is 11.8 Å².